The molecule has 4 bridgehead atoms. The number of methoxy groups -OCH3 is 1. The molecule has 5 rings (SSSR count). The molecule has 0 saturated heterocycles. The molecule has 0 heterocycles. The van der Waals surface area contributed by atoms with Crippen LogP contribution in [-0.4, -0.2) is 12.2 Å². The monoisotopic (exact) mass is 306 g/mol. The first-order valence-corrected chi connectivity index (χ1v) is 8.55. The molecule has 1 aromatic carbocycles. The molecule has 0 amide bonds. The van der Waals surface area contributed by atoms with Gasteiger partial charge in [-0.1, -0.05) is 17.7 Å². The van der Waals surface area contributed by atoms with Crippen LogP contribution in [0, 0.1) is 29.6 Å². The van der Waals surface area contributed by atoms with E-state index in [2.05, 4.69) is 0 Å². The second kappa shape index (κ2) is 5.17. The van der Waals surface area contributed by atoms with Gasteiger partial charge in [-0.25, -0.2) is 0 Å². The van der Waals surface area contributed by atoms with Crippen molar-refractivity contribution in [2.45, 2.75) is 38.2 Å². The summed E-state index contributed by atoms with van der Waals surface area (Å²) < 4.78 is 5.30. The van der Waals surface area contributed by atoms with Gasteiger partial charge in [-0.2, -0.15) is 0 Å². The summed E-state index contributed by atoms with van der Waals surface area (Å²) in [6, 6.07) is 5.72. The van der Waals surface area contributed by atoms with E-state index in [4.69, 9.17) is 16.3 Å². The Hall–Kier alpha value is -0.730. The predicted molar refractivity (Wildman–Crippen MR) is 83.5 cm³/mol. The quantitative estimate of drug-likeness (QED) is 0.893. The number of benzene rings is 1. The van der Waals surface area contributed by atoms with Crippen molar-refractivity contribution >= 4 is 11.6 Å². The molecule has 1 N–H and O–H groups in total. The van der Waals surface area contributed by atoms with Crippen LogP contribution < -0.4 is 4.74 Å². The van der Waals surface area contributed by atoms with Crippen LogP contribution in [0.5, 0.6) is 5.75 Å². The Balaban J connectivity index is 1.61. The van der Waals surface area contributed by atoms with Crippen molar-refractivity contribution in [3.05, 3.63) is 28.8 Å². The molecule has 3 heteroatoms. The van der Waals surface area contributed by atoms with E-state index in [0.29, 0.717) is 16.7 Å². The van der Waals surface area contributed by atoms with Crippen molar-refractivity contribution in [3.63, 3.8) is 0 Å². The molecular formula is C18H23ClO2. The summed E-state index contributed by atoms with van der Waals surface area (Å²) in [5.41, 5.74) is 0.966. The zero-order valence-corrected chi connectivity index (χ0v) is 13.2. The molecule has 21 heavy (non-hydrogen) atoms. The number of aliphatic hydroxyl groups excluding tert-OH is 1. The van der Waals surface area contributed by atoms with Crippen molar-refractivity contribution in [2.24, 2.45) is 29.6 Å². The lowest BCUT2D eigenvalue weighted by Gasteiger charge is -2.55. The third kappa shape index (κ3) is 2.27. The lowest BCUT2D eigenvalue weighted by Crippen LogP contribution is -2.47. The zero-order valence-electron chi connectivity index (χ0n) is 12.5. The molecule has 4 aliphatic carbocycles. The maximum Gasteiger partial charge on any atom is 0.137 e. The molecular weight excluding hydrogens is 284 g/mol. The smallest absolute Gasteiger partial charge is 0.137 e. The van der Waals surface area contributed by atoms with Crippen molar-refractivity contribution in [2.75, 3.05) is 7.11 Å². The molecule has 4 saturated carbocycles. The van der Waals surface area contributed by atoms with Crippen molar-refractivity contribution in [3.8, 4) is 5.75 Å². The van der Waals surface area contributed by atoms with E-state index in [-0.39, 0.29) is 6.10 Å². The minimum absolute atomic E-state index is 0.369. The van der Waals surface area contributed by atoms with E-state index in [0.717, 1.165) is 29.2 Å². The molecule has 1 atom stereocenters. The summed E-state index contributed by atoms with van der Waals surface area (Å²) in [5.74, 6) is 4.42. The first kappa shape index (κ1) is 13.9. The Morgan fingerprint density at radius 1 is 1.10 bits per heavy atom. The molecule has 4 aliphatic rings. The third-order valence-corrected chi connectivity index (χ3v) is 6.49. The van der Waals surface area contributed by atoms with E-state index in [1.807, 2.05) is 18.2 Å². The van der Waals surface area contributed by atoms with E-state index < -0.39 is 0 Å². The fourth-order valence-corrected chi connectivity index (χ4v) is 5.76. The Kier molecular flexibility index (Phi) is 3.42. The Morgan fingerprint density at radius 3 is 2.29 bits per heavy atom. The standard InChI is InChI=1S/C18H23ClO2/c1-21-16-9-12(2-3-15(16)19)18(20)17-13-5-10-4-11(7-13)8-14(17)6-10/h2-3,9-11,13-14,17-18,20H,4-8H2,1H3. The first-order chi connectivity index (χ1) is 10.2. The van der Waals surface area contributed by atoms with Gasteiger partial charge in [0.25, 0.3) is 0 Å². The molecule has 0 radical (unpaired) electrons. The van der Waals surface area contributed by atoms with Gasteiger partial charge >= 0.3 is 0 Å². The average Bonchev–Trinajstić information content (AvgIpc) is 2.46. The number of rotatable bonds is 3. The summed E-state index contributed by atoms with van der Waals surface area (Å²) in [5, 5.41) is 11.6. The van der Waals surface area contributed by atoms with Crippen molar-refractivity contribution < 1.29 is 9.84 Å². The highest BCUT2D eigenvalue weighted by Gasteiger charge is 2.50. The normalized spacial score (nSPS) is 38.5. The fraction of sp³-hybridized carbons (Fsp3) is 0.667. The van der Waals surface area contributed by atoms with E-state index in [1.165, 1.54) is 32.1 Å². The van der Waals surface area contributed by atoms with E-state index in [9.17, 15) is 5.11 Å². The van der Waals surface area contributed by atoms with Crippen LogP contribution in [0.1, 0.15) is 43.8 Å². The van der Waals surface area contributed by atoms with Gasteiger partial charge in [0.05, 0.1) is 18.2 Å². The van der Waals surface area contributed by atoms with Crippen LogP contribution in [0.3, 0.4) is 0 Å². The Bertz CT molecular complexity index is 514. The van der Waals surface area contributed by atoms with Crippen LogP contribution in [0.4, 0.5) is 0 Å². The minimum atomic E-state index is -0.369. The number of aliphatic hydroxyl groups is 1. The molecule has 0 aliphatic heterocycles. The third-order valence-electron chi connectivity index (χ3n) is 6.18. The molecule has 1 unspecified atom stereocenters. The van der Waals surface area contributed by atoms with Gasteiger partial charge in [0, 0.05) is 0 Å². The van der Waals surface area contributed by atoms with Gasteiger partial charge in [0.15, 0.2) is 0 Å². The van der Waals surface area contributed by atoms with Gasteiger partial charge < -0.3 is 9.84 Å². The minimum Gasteiger partial charge on any atom is -0.495 e. The maximum absolute atomic E-state index is 11.0. The lowest BCUT2D eigenvalue weighted by molar-refractivity contribution is -0.0908. The van der Waals surface area contributed by atoms with Crippen LogP contribution >= 0.6 is 11.6 Å². The summed E-state index contributed by atoms with van der Waals surface area (Å²) >= 11 is 6.10. The summed E-state index contributed by atoms with van der Waals surface area (Å²) in [6.45, 7) is 0. The first-order valence-electron chi connectivity index (χ1n) is 8.17. The Morgan fingerprint density at radius 2 is 1.71 bits per heavy atom. The maximum atomic E-state index is 11.0. The lowest BCUT2D eigenvalue weighted by atomic mass is 9.50. The highest BCUT2D eigenvalue weighted by molar-refractivity contribution is 6.32. The molecule has 1 aromatic rings. The largest absolute Gasteiger partial charge is 0.495 e. The number of ether oxygens (including phenoxy) is 1. The second-order valence-electron chi connectivity index (χ2n) is 7.35. The number of halogens is 1. The summed E-state index contributed by atoms with van der Waals surface area (Å²) in [4.78, 5) is 0. The van der Waals surface area contributed by atoms with Crippen molar-refractivity contribution in [1.82, 2.24) is 0 Å². The topological polar surface area (TPSA) is 29.5 Å². The average molecular weight is 307 g/mol. The van der Waals surface area contributed by atoms with E-state index in [1.54, 1.807) is 7.11 Å². The highest BCUT2D eigenvalue weighted by atomic mass is 35.5. The van der Waals surface area contributed by atoms with Crippen LogP contribution in [0.25, 0.3) is 0 Å². The molecule has 114 valence electrons. The fourth-order valence-electron chi connectivity index (χ4n) is 5.57. The summed E-state index contributed by atoms with van der Waals surface area (Å²) in [6.07, 6.45) is 6.41. The van der Waals surface area contributed by atoms with Crippen LogP contribution in [-0.2, 0) is 0 Å². The van der Waals surface area contributed by atoms with Gasteiger partial charge in [-0.15, -0.1) is 0 Å². The van der Waals surface area contributed by atoms with Crippen LogP contribution in [0.2, 0.25) is 5.02 Å². The van der Waals surface area contributed by atoms with Gasteiger partial charge in [-0.3, -0.25) is 0 Å². The van der Waals surface area contributed by atoms with E-state index >= 15 is 0 Å². The van der Waals surface area contributed by atoms with Crippen LogP contribution in [0.15, 0.2) is 18.2 Å². The highest BCUT2D eigenvalue weighted by Crippen LogP contribution is 2.59. The second-order valence-corrected chi connectivity index (χ2v) is 7.75. The summed E-state index contributed by atoms with van der Waals surface area (Å²) in [7, 11) is 1.63. The molecule has 4 fully saturated rings. The zero-order chi connectivity index (χ0) is 14.6. The number of hydrogen-bond acceptors (Lipinski definition) is 2. The number of hydrogen-bond donors (Lipinski definition) is 1. The molecule has 0 aromatic heterocycles. The SMILES string of the molecule is COc1cc(C(O)C2C3CC4CC(C3)CC2C4)ccc1Cl. The molecule has 0 spiro atoms. The van der Waals surface area contributed by atoms with Gasteiger partial charge in [-0.05, 0) is 79.4 Å². The predicted octanol–water partition coefficient (Wildman–Crippen LogP) is 4.45. The van der Waals surface area contributed by atoms with Crippen molar-refractivity contribution in [1.29, 1.82) is 0 Å². The molecule has 2 nitrogen and oxygen atoms in total. The van der Waals surface area contributed by atoms with Gasteiger partial charge in [0.1, 0.15) is 5.75 Å². The Labute approximate surface area is 131 Å². The van der Waals surface area contributed by atoms with Gasteiger partial charge in [0.2, 0.25) is 0 Å².